The van der Waals surface area contributed by atoms with Crippen LogP contribution in [0.1, 0.15) is 24.5 Å². The van der Waals surface area contributed by atoms with Gasteiger partial charge in [-0.1, -0.05) is 54.4 Å². The number of nitrogens with one attached hydrogen (secondary N) is 1. The smallest absolute Gasteiger partial charge is 0.281 e. The Morgan fingerprint density at radius 1 is 1.09 bits per heavy atom. The average Bonchev–Trinajstić information content (AvgIpc) is 2.55. The van der Waals surface area contributed by atoms with E-state index in [1.54, 1.807) is 54.7 Å². The molecule has 2 rings (SSSR count). The Kier molecular flexibility index (Phi) is 5.77. The van der Waals surface area contributed by atoms with Gasteiger partial charge >= 0.3 is 0 Å². The van der Waals surface area contributed by atoms with Gasteiger partial charge in [-0.15, -0.1) is 0 Å². The number of aliphatic hydroxyl groups is 1. The van der Waals surface area contributed by atoms with Crippen LogP contribution in [0.15, 0.2) is 53.6 Å². The fraction of sp³-hybridized carbons (Fsp3) is 0.176. The van der Waals surface area contributed by atoms with E-state index >= 15 is 0 Å². The minimum atomic E-state index is -1.90. The molecule has 0 heterocycles. The van der Waals surface area contributed by atoms with E-state index < -0.39 is 11.5 Å². The molecule has 0 aliphatic carbocycles. The van der Waals surface area contributed by atoms with Gasteiger partial charge in [-0.25, -0.2) is 5.43 Å². The Morgan fingerprint density at radius 3 is 1.91 bits per heavy atom. The molecule has 0 saturated carbocycles. The van der Waals surface area contributed by atoms with Crippen molar-refractivity contribution in [2.45, 2.75) is 18.9 Å². The Labute approximate surface area is 144 Å². The zero-order valence-electron chi connectivity index (χ0n) is 12.5. The molecule has 0 aromatic heterocycles. The van der Waals surface area contributed by atoms with E-state index in [9.17, 15) is 9.90 Å². The van der Waals surface area contributed by atoms with E-state index in [1.807, 2.05) is 6.92 Å². The van der Waals surface area contributed by atoms with Gasteiger partial charge in [-0.2, -0.15) is 5.10 Å². The molecule has 2 N–H and O–H groups in total. The van der Waals surface area contributed by atoms with Crippen LogP contribution in [0.4, 0.5) is 0 Å². The molecule has 0 unspecified atom stereocenters. The molecule has 120 valence electrons. The van der Waals surface area contributed by atoms with Gasteiger partial charge in [0, 0.05) is 16.3 Å². The number of hydrogen-bond donors (Lipinski definition) is 2. The summed E-state index contributed by atoms with van der Waals surface area (Å²) in [6.45, 7) is 1.89. The molecule has 0 aliphatic heterocycles. The zero-order chi connectivity index (χ0) is 16.9. The molecule has 2 aromatic rings. The molecule has 0 aliphatic rings. The van der Waals surface area contributed by atoms with Crippen molar-refractivity contribution < 1.29 is 9.90 Å². The highest BCUT2D eigenvalue weighted by atomic mass is 35.5. The highest BCUT2D eigenvalue weighted by molar-refractivity contribution is 6.30. The van der Waals surface area contributed by atoms with Gasteiger partial charge in [0.15, 0.2) is 5.60 Å². The van der Waals surface area contributed by atoms with E-state index in [2.05, 4.69) is 10.5 Å². The van der Waals surface area contributed by atoms with Crippen LogP contribution in [0.3, 0.4) is 0 Å². The van der Waals surface area contributed by atoms with E-state index in [-0.39, 0.29) is 0 Å². The third-order valence-electron chi connectivity index (χ3n) is 3.29. The van der Waals surface area contributed by atoms with Gasteiger partial charge in [-0.05, 0) is 41.8 Å². The van der Waals surface area contributed by atoms with Crippen LogP contribution in [0.2, 0.25) is 10.0 Å². The summed E-state index contributed by atoms with van der Waals surface area (Å²) in [5.74, 6) is -0.660. The summed E-state index contributed by atoms with van der Waals surface area (Å²) in [7, 11) is 0. The number of hydrazone groups is 1. The maximum Gasteiger partial charge on any atom is 0.281 e. The second-order valence-electron chi connectivity index (χ2n) is 4.89. The highest BCUT2D eigenvalue weighted by Gasteiger charge is 2.40. The van der Waals surface area contributed by atoms with Crippen LogP contribution >= 0.6 is 23.2 Å². The lowest BCUT2D eigenvalue weighted by atomic mass is 9.85. The fourth-order valence-electron chi connectivity index (χ4n) is 2.09. The van der Waals surface area contributed by atoms with E-state index in [1.165, 1.54) is 0 Å². The number of carbonyl (C=O) groups is 1. The van der Waals surface area contributed by atoms with E-state index in [0.29, 0.717) is 27.6 Å². The molecule has 0 fully saturated rings. The molecule has 2 aromatic carbocycles. The molecule has 0 bridgehead atoms. The lowest BCUT2D eigenvalue weighted by molar-refractivity contribution is -0.136. The lowest BCUT2D eigenvalue weighted by Crippen LogP contribution is -2.43. The molecule has 23 heavy (non-hydrogen) atoms. The second-order valence-corrected chi connectivity index (χ2v) is 5.76. The number of carbonyl (C=O) groups excluding carboxylic acids is 1. The molecular weight excluding hydrogens is 335 g/mol. The lowest BCUT2D eigenvalue weighted by Gasteiger charge is -2.27. The monoisotopic (exact) mass is 350 g/mol. The zero-order valence-corrected chi connectivity index (χ0v) is 14.0. The molecule has 0 saturated heterocycles. The predicted molar refractivity (Wildman–Crippen MR) is 92.8 cm³/mol. The van der Waals surface area contributed by atoms with Crippen molar-refractivity contribution in [3.05, 3.63) is 69.7 Å². The molecule has 4 nitrogen and oxygen atoms in total. The van der Waals surface area contributed by atoms with Gasteiger partial charge in [0.05, 0.1) is 0 Å². The Hall–Kier alpha value is -1.88. The largest absolute Gasteiger partial charge is 0.372 e. The first-order valence-electron chi connectivity index (χ1n) is 7.05. The maximum absolute atomic E-state index is 12.6. The standard InChI is InChI=1S/C17H16Cl2N2O2/c1-2-11-20-21-16(22)17(23,12-3-7-14(18)8-4-12)13-5-9-15(19)10-6-13/h3-11,23H,2H2,1H3,(H,21,22)/b20-11+. The Balaban J connectivity index is 2.49. The van der Waals surface area contributed by atoms with Gasteiger partial charge < -0.3 is 5.11 Å². The molecule has 0 spiro atoms. The summed E-state index contributed by atoms with van der Waals surface area (Å²) in [6, 6.07) is 12.8. The number of amides is 1. The third-order valence-corrected chi connectivity index (χ3v) is 3.80. The van der Waals surface area contributed by atoms with Crippen molar-refractivity contribution in [1.82, 2.24) is 5.43 Å². The van der Waals surface area contributed by atoms with Crippen molar-refractivity contribution in [2.24, 2.45) is 5.10 Å². The van der Waals surface area contributed by atoms with E-state index in [4.69, 9.17) is 23.2 Å². The van der Waals surface area contributed by atoms with Crippen LogP contribution in [-0.4, -0.2) is 17.2 Å². The molecule has 6 heteroatoms. The predicted octanol–water partition coefficient (Wildman–Crippen LogP) is 3.74. The number of nitrogens with zero attached hydrogens (tertiary/aromatic N) is 1. The van der Waals surface area contributed by atoms with Crippen LogP contribution in [0.5, 0.6) is 0 Å². The van der Waals surface area contributed by atoms with Crippen LogP contribution < -0.4 is 5.43 Å². The minimum absolute atomic E-state index is 0.383. The first-order valence-corrected chi connectivity index (χ1v) is 7.80. The molecule has 0 atom stereocenters. The molecular formula is C17H16Cl2N2O2. The van der Waals surface area contributed by atoms with Crippen molar-refractivity contribution in [2.75, 3.05) is 0 Å². The third kappa shape index (κ3) is 3.91. The SMILES string of the molecule is CC/C=N/NC(=O)C(O)(c1ccc(Cl)cc1)c1ccc(Cl)cc1. The fourth-order valence-corrected chi connectivity index (χ4v) is 2.34. The van der Waals surface area contributed by atoms with Gasteiger partial charge in [0.1, 0.15) is 0 Å². The number of hydrogen-bond acceptors (Lipinski definition) is 3. The van der Waals surface area contributed by atoms with Gasteiger partial charge in [0.2, 0.25) is 0 Å². The van der Waals surface area contributed by atoms with Gasteiger partial charge in [0.25, 0.3) is 5.91 Å². The quantitative estimate of drug-likeness (QED) is 0.637. The highest BCUT2D eigenvalue weighted by Crippen LogP contribution is 2.31. The van der Waals surface area contributed by atoms with E-state index in [0.717, 1.165) is 0 Å². The summed E-state index contributed by atoms with van der Waals surface area (Å²) < 4.78 is 0. The maximum atomic E-state index is 12.6. The summed E-state index contributed by atoms with van der Waals surface area (Å²) >= 11 is 11.8. The van der Waals surface area contributed by atoms with Crippen molar-refractivity contribution in [3.8, 4) is 0 Å². The van der Waals surface area contributed by atoms with Gasteiger partial charge in [-0.3, -0.25) is 4.79 Å². The van der Waals surface area contributed by atoms with Crippen molar-refractivity contribution in [3.63, 3.8) is 0 Å². The second kappa shape index (κ2) is 7.59. The van der Waals surface area contributed by atoms with Crippen LogP contribution in [0, 0.1) is 0 Å². The summed E-state index contributed by atoms with van der Waals surface area (Å²) in [5, 5.41) is 16.0. The number of halogens is 2. The normalized spacial score (nSPS) is 11.7. The molecule has 0 radical (unpaired) electrons. The number of benzene rings is 2. The summed E-state index contributed by atoms with van der Waals surface area (Å²) in [6.07, 6.45) is 2.21. The summed E-state index contributed by atoms with van der Waals surface area (Å²) in [4.78, 5) is 12.6. The number of rotatable bonds is 5. The minimum Gasteiger partial charge on any atom is -0.372 e. The average molecular weight is 351 g/mol. The molecule has 1 amide bonds. The van der Waals surface area contributed by atoms with Crippen LogP contribution in [0.25, 0.3) is 0 Å². The summed E-state index contributed by atoms with van der Waals surface area (Å²) in [5.41, 5.74) is 1.23. The Morgan fingerprint density at radius 2 is 1.52 bits per heavy atom. The van der Waals surface area contributed by atoms with Crippen LogP contribution in [-0.2, 0) is 10.4 Å². The first-order chi connectivity index (χ1) is 11.0. The van der Waals surface area contributed by atoms with Crippen molar-refractivity contribution >= 4 is 35.3 Å². The first kappa shape index (κ1) is 17.5. The van der Waals surface area contributed by atoms with Crippen molar-refractivity contribution in [1.29, 1.82) is 0 Å². The topological polar surface area (TPSA) is 61.7 Å². The Bertz CT molecular complexity index is 652.